The SMILES string of the molecule is O=c1[nH]c(-c2cnccn2)nc2c1CCN(CC1CC=CCC1)C2. The molecule has 24 heavy (non-hydrogen) atoms. The van der Waals surface area contributed by atoms with Gasteiger partial charge in [0, 0.05) is 37.6 Å². The molecule has 6 heteroatoms. The lowest BCUT2D eigenvalue weighted by Gasteiger charge is -2.31. The van der Waals surface area contributed by atoms with Gasteiger partial charge in [-0.25, -0.2) is 9.97 Å². The topological polar surface area (TPSA) is 74.8 Å². The molecule has 3 heterocycles. The second-order valence-corrected chi connectivity index (χ2v) is 6.57. The molecule has 6 nitrogen and oxygen atoms in total. The third-order valence-corrected chi connectivity index (χ3v) is 4.85. The molecule has 1 aliphatic carbocycles. The van der Waals surface area contributed by atoms with E-state index in [-0.39, 0.29) is 5.56 Å². The molecule has 0 saturated heterocycles. The Bertz CT molecular complexity index is 799. The van der Waals surface area contributed by atoms with Crippen molar-refractivity contribution in [3.8, 4) is 11.5 Å². The van der Waals surface area contributed by atoms with Gasteiger partial charge in [0.1, 0.15) is 5.69 Å². The molecule has 0 saturated carbocycles. The number of rotatable bonds is 3. The third kappa shape index (κ3) is 3.14. The van der Waals surface area contributed by atoms with Crippen molar-refractivity contribution in [3.63, 3.8) is 0 Å². The van der Waals surface area contributed by atoms with Crippen LogP contribution in [-0.2, 0) is 13.0 Å². The van der Waals surface area contributed by atoms with Gasteiger partial charge >= 0.3 is 0 Å². The van der Waals surface area contributed by atoms with Crippen LogP contribution in [0, 0.1) is 5.92 Å². The van der Waals surface area contributed by atoms with Gasteiger partial charge in [-0.3, -0.25) is 14.7 Å². The van der Waals surface area contributed by atoms with Crippen LogP contribution in [0.4, 0.5) is 0 Å². The predicted octanol–water partition coefficient (Wildman–Crippen LogP) is 1.94. The van der Waals surface area contributed by atoms with E-state index in [9.17, 15) is 4.79 Å². The summed E-state index contributed by atoms with van der Waals surface area (Å²) in [7, 11) is 0. The van der Waals surface area contributed by atoms with E-state index >= 15 is 0 Å². The predicted molar refractivity (Wildman–Crippen MR) is 91.3 cm³/mol. The second-order valence-electron chi connectivity index (χ2n) is 6.57. The minimum Gasteiger partial charge on any atom is -0.305 e. The lowest BCUT2D eigenvalue weighted by Crippen LogP contribution is -2.38. The molecule has 1 unspecified atom stereocenters. The minimum atomic E-state index is -0.0408. The minimum absolute atomic E-state index is 0.0408. The molecule has 1 atom stereocenters. The zero-order valence-electron chi connectivity index (χ0n) is 13.6. The van der Waals surface area contributed by atoms with E-state index in [1.54, 1.807) is 18.6 Å². The zero-order chi connectivity index (χ0) is 16.4. The first-order valence-electron chi connectivity index (χ1n) is 8.55. The zero-order valence-corrected chi connectivity index (χ0v) is 13.6. The number of hydrogen-bond donors (Lipinski definition) is 1. The summed E-state index contributed by atoms with van der Waals surface area (Å²) in [5.74, 6) is 1.23. The van der Waals surface area contributed by atoms with Gasteiger partial charge in [-0.2, -0.15) is 0 Å². The van der Waals surface area contributed by atoms with Crippen LogP contribution in [0.5, 0.6) is 0 Å². The summed E-state index contributed by atoms with van der Waals surface area (Å²) in [4.78, 5) is 30.6. The molecule has 0 aromatic carbocycles. The molecule has 0 bridgehead atoms. The highest BCUT2D eigenvalue weighted by Gasteiger charge is 2.23. The standard InChI is InChI=1S/C18H21N5O/c24-18-14-6-9-23(11-13-4-2-1-3-5-13)12-16(14)21-17(22-18)15-10-19-7-8-20-15/h1-2,7-8,10,13H,3-6,9,11-12H2,(H,21,22,24). The molecule has 2 aromatic heterocycles. The van der Waals surface area contributed by atoms with Crippen LogP contribution >= 0.6 is 0 Å². The van der Waals surface area contributed by atoms with E-state index in [0.717, 1.165) is 49.7 Å². The van der Waals surface area contributed by atoms with Crippen LogP contribution in [-0.4, -0.2) is 37.9 Å². The second kappa shape index (κ2) is 6.65. The molecule has 2 aliphatic rings. The van der Waals surface area contributed by atoms with E-state index in [1.165, 1.54) is 12.8 Å². The summed E-state index contributed by atoms with van der Waals surface area (Å²) in [5.41, 5.74) is 2.27. The highest BCUT2D eigenvalue weighted by atomic mass is 16.1. The maximum atomic E-state index is 12.4. The summed E-state index contributed by atoms with van der Waals surface area (Å²) in [6.45, 7) is 2.76. The number of nitrogens with zero attached hydrogens (tertiary/aromatic N) is 4. The van der Waals surface area contributed by atoms with Crippen molar-refractivity contribution in [1.82, 2.24) is 24.8 Å². The fraction of sp³-hybridized carbons (Fsp3) is 0.444. The lowest BCUT2D eigenvalue weighted by molar-refractivity contribution is 0.203. The van der Waals surface area contributed by atoms with Gasteiger partial charge < -0.3 is 4.98 Å². The molecular weight excluding hydrogens is 302 g/mol. The normalized spacial score (nSPS) is 20.8. The number of fused-ring (bicyclic) bond motifs is 1. The van der Waals surface area contributed by atoms with Crippen molar-refractivity contribution in [1.29, 1.82) is 0 Å². The molecule has 0 amide bonds. The van der Waals surface area contributed by atoms with Crippen LogP contribution in [0.3, 0.4) is 0 Å². The Hall–Kier alpha value is -2.34. The van der Waals surface area contributed by atoms with Crippen molar-refractivity contribution >= 4 is 0 Å². The summed E-state index contributed by atoms with van der Waals surface area (Å²) < 4.78 is 0. The Morgan fingerprint density at radius 3 is 3.04 bits per heavy atom. The van der Waals surface area contributed by atoms with Crippen LogP contribution < -0.4 is 5.56 Å². The average Bonchev–Trinajstić information content (AvgIpc) is 2.63. The fourth-order valence-corrected chi connectivity index (χ4v) is 3.58. The smallest absolute Gasteiger partial charge is 0.254 e. The van der Waals surface area contributed by atoms with E-state index in [4.69, 9.17) is 0 Å². The Morgan fingerprint density at radius 1 is 1.29 bits per heavy atom. The highest BCUT2D eigenvalue weighted by molar-refractivity contribution is 5.47. The van der Waals surface area contributed by atoms with Crippen LogP contribution in [0.15, 0.2) is 35.5 Å². The molecular formula is C18H21N5O. The average molecular weight is 323 g/mol. The van der Waals surface area contributed by atoms with Crippen LogP contribution in [0.25, 0.3) is 11.5 Å². The van der Waals surface area contributed by atoms with Crippen molar-refractivity contribution in [2.75, 3.05) is 13.1 Å². The summed E-state index contributed by atoms with van der Waals surface area (Å²) in [5, 5.41) is 0. The molecule has 0 spiro atoms. The van der Waals surface area contributed by atoms with Gasteiger partial charge in [0.05, 0.1) is 11.9 Å². The summed E-state index contributed by atoms with van der Waals surface area (Å²) in [6.07, 6.45) is 13.8. The first-order valence-corrected chi connectivity index (χ1v) is 8.55. The molecule has 0 radical (unpaired) electrons. The van der Waals surface area contributed by atoms with Gasteiger partial charge in [0.25, 0.3) is 5.56 Å². The Morgan fingerprint density at radius 2 is 2.25 bits per heavy atom. The number of hydrogen-bond acceptors (Lipinski definition) is 5. The van der Waals surface area contributed by atoms with E-state index in [1.807, 2.05) is 0 Å². The first kappa shape index (κ1) is 15.2. The first-order chi connectivity index (χ1) is 11.8. The monoisotopic (exact) mass is 323 g/mol. The maximum absolute atomic E-state index is 12.4. The highest BCUT2D eigenvalue weighted by Crippen LogP contribution is 2.23. The quantitative estimate of drug-likeness (QED) is 0.874. The fourth-order valence-electron chi connectivity index (χ4n) is 3.58. The number of nitrogens with one attached hydrogen (secondary N) is 1. The Labute approximate surface area is 140 Å². The largest absolute Gasteiger partial charge is 0.305 e. The van der Waals surface area contributed by atoms with Gasteiger partial charge in [-0.1, -0.05) is 12.2 Å². The Balaban J connectivity index is 1.57. The van der Waals surface area contributed by atoms with E-state index in [0.29, 0.717) is 11.5 Å². The molecule has 1 aliphatic heterocycles. The number of H-pyrrole nitrogens is 1. The summed E-state index contributed by atoms with van der Waals surface area (Å²) in [6, 6.07) is 0. The van der Waals surface area contributed by atoms with Crippen molar-refractivity contribution in [3.05, 3.63) is 52.4 Å². The van der Waals surface area contributed by atoms with Gasteiger partial charge in [0.15, 0.2) is 5.82 Å². The maximum Gasteiger partial charge on any atom is 0.254 e. The lowest BCUT2D eigenvalue weighted by atomic mass is 9.93. The van der Waals surface area contributed by atoms with Gasteiger partial charge in [-0.05, 0) is 31.6 Å². The molecule has 124 valence electrons. The number of aromatic nitrogens is 4. The van der Waals surface area contributed by atoms with Crippen molar-refractivity contribution in [2.24, 2.45) is 5.92 Å². The number of aromatic amines is 1. The van der Waals surface area contributed by atoms with Crippen molar-refractivity contribution < 1.29 is 0 Å². The molecule has 2 aromatic rings. The summed E-state index contributed by atoms with van der Waals surface area (Å²) >= 11 is 0. The van der Waals surface area contributed by atoms with Crippen LogP contribution in [0.1, 0.15) is 30.5 Å². The van der Waals surface area contributed by atoms with Crippen molar-refractivity contribution in [2.45, 2.75) is 32.2 Å². The van der Waals surface area contributed by atoms with E-state index < -0.39 is 0 Å². The molecule has 1 N–H and O–H groups in total. The third-order valence-electron chi connectivity index (χ3n) is 4.85. The van der Waals surface area contributed by atoms with Gasteiger partial charge in [0.2, 0.25) is 0 Å². The molecule has 4 rings (SSSR count). The van der Waals surface area contributed by atoms with E-state index in [2.05, 4.69) is 37.0 Å². The van der Waals surface area contributed by atoms with Gasteiger partial charge in [-0.15, -0.1) is 0 Å². The molecule has 0 fully saturated rings. The van der Waals surface area contributed by atoms with Crippen LogP contribution in [0.2, 0.25) is 0 Å². The number of allylic oxidation sites excluding steroid dienone is 2. The Kier molecular flexibility index (Phi) is 4.21.